The average molecular weight is 681 g/mol. The van der Waals surface area contributed by atoms with Crippen LogP contribution in [0.1, 0.15) is 73.8 Å². The highest BCUT2D eigenvalue weighted by Crippen LogP contribution is 2.32. The van der Waals surface area contributed by atoms with Crippen molar-refractivity contribution < 1.29 is 22.8 Å². The van der Waals surface area contributed by atoms with Crippen LogP contribution in [0.5, 0.6) is 0 Å². The highest BCUT2D eigenvalue weighted by atomic mass is 32.2. The van der Waals surface area contributed by atoms with Gasteiger partial charge in [0.25, 0.3) is 11.8 Å². The first-order valence-electron chi connectivity index (χ1n) is 16.0. The number of carbonyl (C=O) groups excluding carboxylic acids is 3. The molecule has 0 radical (unpaired) electrons. The van der Waals surface area contributed by atoms with Gasteiger partial charge in [-0.1, -0.05) is 48.9 Å². The summed E-state index contributed by atoms with van der Waals surface area (Å²) in [6.07, 6.45) is 1.51. The van der Waals surface area contributed by atoms with Crippen LogP contribution in [-0.2, 0) is 19.4 Å². The zero-order chi connectivity index (χ0) is 35.5. The largest absolute Gasteiger partial charge is 0.350 e. The number of benzene rings is 3. The van der Waals surface area contributed by atoms with Crippen molar-refractivity contribution >= 4 is 44.3 Å². The van der Waals surface area contributed by atoms with Crippen molar-refractivity contribution in [2.24, 2.45) is 0 Å². The molecule has 11 nitrogen and oxygen atoms in total. The number of pyridine rings is 1. The molecule has 3 amide bonds. The Morgan fingerprint density at radius 3 is 2.12 bits per heavy atom. The van der Waals surface area contributed by atoms with Crippen LogP contribution < -0.4 is 16.0 Å². The monoisotopic (exact) mass is 680 g/mol. The fraction of sp³-hybridized carbons (Fsp3) is 0.270. The van der Waals surface area contributed by atoms with E-state index < -0.39 is 27.7 Å². The SMILES string of the molecule is CCS(=O)(=O)c1ccc(C(NC(C)=O)C(=O)Nc2ccc(-c3nc4cc(C(=O)NC(C)C)ccc4n3[C@@H](C)c3ccc(C)cc3)nc2)cc1. The molecule has 5 rings (SSSR count). The minimum atomic E-state index is -3.43. The molecule has 0 fully saturated rings. The van der Waals surface area contributed by atoms with E-state index in [-0.39, 0.29) is 28.6 Å². The summed E-state index contributed by atoms with van der Waals surface area (Å²) >= 11 is 0. The lowest BCUT2D eigenvalue weighted by atomic mass is 10.1. The van der Waals surface area contributed by atoms with Gasteiger partial charge >= 0.3 is 0 Å². The zero-order valence-electron chi connectivity index (χ0n) is 28.3. The third-order valence-electron chi connectivity index (χ3n) is 8.14. The summed E-state index contributed by atoms with van der Waals surface area (Å²) in [5.74, 6) is -0.603. The number of carbonyl (C=O) groups is 3. The highest BCUT2D eigenvalue weighted by molar-refractivity contribution is 7.91. The molecule has 254 valence electrons. The molecular formula is C37H40N6O5S. The van der Waals surface area contributed by atoms with E-state index in [9.17, 15) is 22.8 Å². The van der Waals surface area contributed by atoms with Crippen LogP contribution in [0.2, 0.25) is 0 Å². The van der Waals surface area contributed by atoms with Gasteiger partial charge in [0.15, 0.2) is 15.7 Å². The molecule has 0 aliphatic rings. The number of hydrogen-bond acceptors (Lipinski definition) is 7. The van der Waals surface area contributed by atoms with Gasteiger partial charge in [-0.05, 0) is 81.3 Å². The number of nitrogens with one attached hydrogen (secondary N) is 3. The number of sulfone groups is 1. The summed E-state index contributed by atoms with van der Waals surface area (Å²) in [5.41, 5.74) is 5.55. The Hall–Kier alpha value is -5.36. The Morgan fingerprint density at radius 1 is 0.857 bits per heavy atom. The highest BCUT2D eigenvalue weighted by Gasteiger charge is 2.24. The zero-order valence-corrected chi connectivity index (χ0v) is 29.1. The van der Waals surface area contributed by atoms with Gasteiger partial charge in [0.1, 0.15) is 11.7 Å². The summed E-state index contributed by atoms with van der Waals surface area (Å²) in [6.45, 7) is 10.8. The molecule has 1 unspecified atom stereocenters. The third-order valence-corrected chi connectivity index (χ3v) is 9.89. The van der Waals surface area contributed by atoms with Gasteiger partial charge in [-0.15, -0.1) is 0 Å². The van der Waals surface area contributed by atoms with Crippen molar-refractivity contribution in [2.75, 3.05) is 11.1 Å². The maximum absolute atomic E-state index is 13.4. The minimum Gasteiger partial charge on any atom is -0.350 e. The summed E-state index contributed by atoms with van der Waals surface area (Å²) in [5, 5.41) is 8.37. The maximum atomic E-state index is 13.4. The second-order valence-corrected chi connectivity index (χ2v) is 14.5. The standard InChI is InChI=1S/C37H40N6O5S/c1-7-49(47,48)30-16-12-27(13-17-30)34(40-25(6)44)37(46)41-29-15-18-31(38-21-29)35-42-32-20-28(36(45)39-22(2)3)14-19-33(32)43(35)24(5)26-10-8-23(4)9-11-26/h8-22,24,34H,7H2,1-6H3,(H,39,45)(H,40,44)(H,41,46)/t24-,34?/m0/s1. The van der Waals surface area contributed by atoms with Crippen LogP contribution in [0, 0.1) is 6.92 Å². The molecule has 5 aromatic rings. The van der Waals surface area contributed by atoms with Crippen molar-refractivity contribution in [1.29, 1.82) is 0 Å². The maximum Gasteiger partial charge on any atom is 0.251 e. The summed E-state index contributed by atoms with van der Waals surface area (Å²) < 4.78 is 26.6. The number of aryl methyl sites for hydroxylation is 1. The van der Waals surface area contributed by atoms with E-state index in [1.807, 2.05) is 26.8 Å². The number of nitrogens with zero attached hydrogens (tertiary/aromatic N) is 3. The van der Waals surface area contributed by atoms with E-state index in [1.165, 1.54) is 37.4 Å². The first kappa shape index (κ1) is 35.0. The number of imidazole rings is 1. The molecule has 12 heteroatoms. The van der Waals surface area contributed by atoms with Gasteiger partial charge in [0, 0.05) is 18.5 Å². The Kier molecular flexibility index (Phi) is 10.3. The first-order valence-corrected chi connectivity index (χ1v) is 17.7. The number of anilines is 1. The van der Waals surface area contributed by atoms with E-state index in [0.717, 1.165) is 16.6 Å². The molecule has 0 saturated carbocycles. The molecular weight excluding hydrogens is 641 g/mol. The molecule has 0 spiro atoms. The van der Waals surface area contributed by atoms with Gasteiger partial charge in [-0.3, -0.25) is 19.4 Å². The molecule has 3 N–H and O–H groups in total. The fourth-order valence-electron chi connectivity index (χ4n) is 5.50. The number of hydrogen-bond donors (Lipinski definition) is 3. The quantitative estimate of drug-likeness (QED) is 0.160. The van der Waals surface area contributed by atoms with Gasteiger partial charge < -0.3 is 20.5 Å². The van der Waals surface area contributed by atoms with Crippen LogP contribution in [0.4, 0.5) is 5.69 Å². The number of amides is 3. The molecule has 2 heterocycles. The van der Waals surface area contributed by atoms with Gasteiger partial charge in [0.05, 0.1) is 39.6 Å². The van der Waals surface area contributed by atoms with Crippen LogP contribution in [0.3, 0.4) is 0 Å². The lowest BCUT2D eigenvalue weighted by Gasteiger charge is -2.19. The van der Waals surface area contributed by atoms with Gasteiger partial charge in [-0.2, -0.15) is 0 Å². The molecule has 3 aromatic carbocycles. The molecule has 49 heavy (non-hydrogen) atoms. The smallest absolute Gasteiger partial charge is 0.251 e. The molecule has 0 bridgehead atoms. The van der Waals surface area contributed by atoms with Crippen LogP contribution in [0.25, 0.3) is 22.6 Å². The molecule has 2 atom stereocenters. The van der Waals surface area contributed by atoms with E-state index in [4.69, 9.17) is 4.98 Å². The Balaban J connectivity index is 1.47. The number of aromatic nitrogens is 3. The van der Waals surface area contributed by atoms with Crippen LogP contribution in [-0.4, -0.2) is 52.5 Å². The summed E-state index contributed by atoms with van der Waals surface area (Å²) in [6, 6.07) is 21.8. The Morgan fingerprint density at radius 2 is 1.53 bits per heavy atom. The Bertz CT molecular complexity index is 2110. The van der Waals surface area contributed by atoms with Gasteiger partial charge in [-0.25, -0.2) is 13.4 Å². The molecule has 2 aromatic heterocycles. The van der Waals surface area contributed by atoms with Crippen LogP contribution in [0.15, 0.2) is 90.0 Å². The fourth-order valence-corrected chi connectivity index (χ4v) is 6.39. The number of fused-ring (bicyclic) bond motifs is 1. The van der Waals surface area contributed by atoms with Crippen molar-refractivity contribution in [3.05, 3.63) is 107 Å². The third kappa shape index (κ3) is 7.86. The lowest BCUT2D eigenvalue weighted by Crippen LogP contribution is -2.35. The van der Waals surface area contributed by atoms with E-state index >= 15 is 0 Å². The normalized spacial score (nSPS) is 12.8. The van der Waals surface area contributed by atoms with Crippen molar-refractivity contribution in [3.8, 4) is 11.5 Å². The summed E-state index contributed by atoms with van der Waals surface area (Å²) in [7, 11) is -3.43. The predicted molar refractivity (Wildman–Crippen MR) is 190 cm³/mol. The summed E-state index contributed by atoms with van der Waals surface area (Å²) in [4.78, 5) is 48.0. The molecule has 0 saturated heterocycles. The van der Waals surface area contributed by atoms with Crippen molar-refractivity contribution in [1.82, 2.24) is 25.2 Å². The topological polar surface area (TPSA) is 152 Å². The molecule has 0 aliphatic carbocycles. The van der Waals surface area contributed by atoms with Crippen molar-refractivity contribution in [3.63, 3.8) is 0 Å². The Labute approximate surface area is 286 Å². The van der Waals surface area contributed by atoms with Gasteiger partial charge in [0.2, 0.25) is 5.91 Å². The van der Waals surface area contributed by atoms with Crippen molar-refractivity contribution in [2.45, 2.75) is 64.6 Å². The van der Waals surface area contributed by atoms with E-state index in [1.54, 1.807) is 31.2 Å². The van der Waals surface area contributed by atoms with Crippen LogP contribution >= 0.6 is 0 Å². The minimum absolute atomic E-state index is 0.0141. The second kappa shape index (κ2) is 14.4. The lowest BCUT2D eigenvalue weighted by molar-refractivity contribution is -0.125. The van der Waals surface area contributed by atoms with E-state index in [2.05, 4.69) is 56.7 Å². The average Bonchev–Trinajstić information content (AvgIpc) is 3.46. The second-order valence-electron chi connectivity index (χ2n) is 12.3. The molecule has 0 aliphatic heterocycles. The van der Waals surface area contributed by atoms with E-state index in [0.29, 0.717) is 33.8 Å². The number of rotatable bonds is 11. The first-order chi connectivity index (χ1) is 23.3. The predicted octanol–water partition coefficient (Wildman–Crippen LogP) is 5.76.